The lowest BCUT2D eigenvalue weighted by Gasteiger charge is -2.15. The second-order valence-electron chi connectivity index (χ2n) is 7.66. The predicted molar refractivity (Wildman–Crippen MR) is 141 cm³/mol. The quantitative estimate of drug-likeness (QED) is 0.174. The van der Waals surface area contributed by atoms with Gasteiger partial charge in [-0.05, 0) is 69.0 Å². The Bertz CT molecular complexity index is 1440. The second kappa shape index (κ2) is 9.97. The molecule has 0 amide bonds. The molecule has 0 bridgehead atoms. The average molecular weight is 515 g/mol. The van der Waals surface area contributed by atoms with E-state index in [1.165, 1.54) is 10.8 Å². The molecule has 0 saturated carbocycles. The summed E-state index contributed by atoms with van der Waals surface area (Å²) < 4.78 is 12.9. The van der Waals surface area contributed by atoms with Gasteiger partial charge in [-0.2, -0.15) is 5.10 Å². The Balaban J connectivity index is 1.34. The molecule has 0 spiro atoms. The number of hydrogen-bond donors (Lipinski definition) is 2. The fourth-order valence-electron chi connectivity index (χ4n) is 3.81. The number of anilines is 1. The Morgan fingerprint density at radius 3 is 2.71 bits per heavy atom. The fraction of sp³-hybridized carbons (Fsp3) is 0.111. The normalized spacial score (nSPS) is 11.4. The van der Waals surface area contributed by atoms with E-state index in [4.69, 9.17) is 9.47 Å². The van der Waals surface area contributed by atoms with Gasteiger partial charge in [0.25, 0.3) is 0 Å². The molecule has 7 heteroatoms. The first-order valence-electron chi connectivity index (χ1n) is 11.0. The molecule has 0 unspecified atom stereocenters. The number of para-hydroxylation sites is 2. The van der Waals surface area contributed by atoms with Crippen LogP contribution in [0.2, 0.25) is 0 Å². The number of imidazole rings is 1. The smallest absolute Gasteiger partial charge is 0.222 e. The van der Waals surface area contributed by atoms with E-state index in [0.717, 1.165) is 26.6 Å². The Hall–Kier alpha value is -3.84. The van der Waals surface area contributed by atoms with E-state index in [1.54, 1.807) is 6.21 Å². The summed E-state index contributed by atoms with van der Waals surface area (Å²) in [5, 5.41) is 6.69. The van der Waals surface area contributed by atoms with Crippen molar-refractivity contribution in [1.29, 1.82) is 0 Å². The lowest BCUT2D eigenvalue weighted by molar-refractivity contribution is 0.268. The number of ether oxygens (including phenoxy) is 2. The number of benzene rings is 4. The molecular formula is C27H23BrN4O2. The zero-order valence-corrected chi connectivity index (χ0v) is 20.2. The summed E-state index contributed by atoms with van der Waals surface area (Å²) in [4.78, 5) is 7.65. The van der Waals surface area contributed by atoms with Crippen LogP contribution in [-0.2, 0) is 6.61 Å². The molecule has 2 N–H and O–H groups in total. The number of hydrogen-bond acceptors (Lipinski definition) is 5. The van der Waals surface area contributed by atoms with Gasteiger partial charge in [0.15, 0.2) is 11.5 Å². The van der Waals surface area contributed by atoms with Gasteiger partial charge in [-0.3, -0.25) is 0 Å². The maximum atomic E-state index is 6.23. The number of hydrazone groups is 1. The van der Waals surface area contributed by atoms with Gasteiger partial charge < -0.3 is 14.5 Å². The molecule has 0 aliphatic heterocycles. The molecule has 0 atom stereocenters. The van der Waals surface area contributed by atoms with E-state index >= 15 is 0 Å². The second-order valence-corrected chi connectivity index (χ2v) is 8.52. The van der Waals surface area contributed by atoms with E-state index in [9.17, 15) is 0 Å². The fourth-order valence-corrected chi connectivity index (χ4v) is 4.38. The highest BCUT2D eigenvalue weighted by molar-refractivity contribution is 9.10. The van der Waals surface area contributed by atoms with Crippen LogP contribution >= 0.6 is 15.9 Å². The summed E-state index contributed by atoms with van der Waals surface area (Å²) in [5.41, 5.74) is 6.76. The summed E-state index contributed by atoms with van der Waals surface area (Å²) >= 11 is 3.65. The number of H-pyrrole nitrogens is 1. The lowest BCUT2D eigenvalue weighted by Crippen LogP contribution is -2.02. The highest BCUT2D eigenvalue weighted by Gasteiger charge is 2.13. The van der Waals surface area contributed by atoms with Crippen LogP contribution in [0.1, 0.15) is 18.1 Å². The topological polar surface area (TPSA) is 71.5 Å². The predicted octanol–water partition coefficient (Wildman–Crippen LogP) is 6.90. The third kappa shape index (κ3) is 4.75. The number of rotatable bonds is 8. The van der Waals surface area contributed by atoms with Crippen molar-refractivity contribution in [3.63, 3.8) is 0 Å². The lowest BCUT2D eigenvalue weighted by atomic mass is 10.1. The molecule has 6 nitrogen and oxygen atoms in total. The third-order valence-electron chi connectivity index (χ3n) is 5.36. The van der Waals surface area contributed by atoms with Crippen molar-refractivity contribution in [3.05, 3.63) is 94.5 Å². The first-order chi connectivity index (χ1) is 16.7. The van der Waals surface area contributed by atoms with Crippen molar-refractivity contribution in [2.45, 2.75) is 13.5 Å². The SMILES string of the molecule is CCOc1cc(/C=N\Nc2nc3ccccc3[nH]2)cc(Br)c1OCc1cccc2ccccc12. The molecule has 0 fully saturated rings. The van der Waals surface area contributed by atoms with Gasteiger partial charge in [-0.1, -0.05) is 54.6 Å². The first-order valence-corrected chi connectivity index (χ1v) is 11.8. The number of aromatic nitrogens is 2. The maximum Gasteiger partial charge on any atom is 0.222 e. The summed E-state index contributed by atoms with van der Waals surface area (Å²) in [6, 6.07) is 26.2. The number of halogens is 1. The summed E-state index contributed by atoms with van der Waals surface area (Å²) in [6.45, 7) is 2.91. The van der Waals surface area contributed by atoms with E-state index in [2.05, 4.69) is 60.7 Å². The van der Waals surface area contributed by atoms with Crippen molar-refractivity contribution in [2.24, 2.45) is 5.10 Å². The third-order valence-corrected chi connectivity index (χ3v) is 5.95. The minimum atomic E-state index is 0.432. The van der Waals surface area contributed by atoms with Crippen LogP contribution in [-0.4, -0.2) is 22.8 Å². The van der Waals surface area contributed by atoms with Gasteiger partial charge in [0.1, 0.15) is 6.61 Å². The van der Waals surface area contributed by atoms with E-state index < -0.39 is 0 Å². The molecule has 0 radical (unpaired) electrons. The van der Waals surface area contributed by atoms with Crippen molar-refractivity contribution in [3.8, 4) is 11.5 Å². The van der Waals surface area contributed by atoms with E-state index in [0.29, 0.717) is 30.7 Å². The number of nitrogens with one attached hydrogen (secondary N) is 2. The van der Waals surface area contributed by atoms with Crippen LogP contribution < -0.4 is 14.9 Å². The van der Waals surface area contributed by atoms with Crippen LogP contribution in [0.5, 0.6) is 11.5 Å². The Kier molecular flexibility index (Phi) is 6.44. The standard InChI is InChI=1S/C27H23BrN4O2/c1-2-33-25-15-18(16-29-32-27-30-23-12-5-6-13-24(23)31-27)14-22(28)26(25)34-17-20-10-7-9-19-8-3-4-11-21(19)20/h3-16H,2,17H2,1H3,(H2,30,31,32)/b29-16-. The van der Waals surface area contributed by atoms with Crippen LogP contribution in [0.4, 0.5) is 5.95 Å². The molecule has 5 aromatic rings. The van der Waals surface area contributed by atoms with Crippen molar-refractivity contribution < 1.29 is 9.47 Å². The minimum absolute atomic E-state index is 0.432. The monoisotopic (exact) mass is 514 g/mol. The van der Waals surface area contributed by atoms with Crippen molar-refractivity contribution in [2.75, 3.05) is 12.0 Å². The average Bonchev–Trinajstić information content (AvgIpc) is 3.27. The summed E-state index contributed by atoms with van der Waals surface area (Å²) in [5.74, 6) is 1.90. The molecule has 5 rings (SSSR count). The summed E-state index contributed by atoms with van der Waals surface area (Å²) in [6.07, 6.45) is 1.72. The first kappa shape index (κ1) is 22.0. The van der Waals surface area contributed by atoms with E-state index in [1.807, 2.05) is 61.5 Å². The van der Waals surface area contributed by atoms with E-state index in [-0.39, 0.29) is 0 Å². The molecular weight excluding hydrogens is 492 g/mol. The molecule has 0 saturated heterocycles. The Morgan fingerprint density at radius 2 is 1.82 bits per heavy atom. The summed E-state index contributed by atoms with van der Waals surface area (Å²) in [7, 11) is 0. The van der Waals surface area contributed by atoms with Crippen LogP contribution in [0.3, 0.4) is 0 Å². The highest BCUT2D eigenvalue weighted by Crippen LogP contribution is 2.37. The Morgan fingerprint density at radius 1 is 1.00 bits per heavy atom. The Labute approximate surface area is 205 Å². The molecule has 1 aromatic heterocycles. The van der Waals surface area contributed by atoms with Gasteiger partial charge in [-0.25, -0.2) is 10.4 Å². The molecule has 170 valence electrons. The van der Waals surface area contributed by atoms with Crippen molar-refractivity contribution >= 4 is 49.9 Å². The van der Waals surface area contributed by atoms with Crippen LogP contribution in [0.25, 0.3) is 21.8 Å². The van der Waals surface area contributed by atoms with Crippen molar-refractivity contribution in [1.82, 2.24) is 9.97 Å². The molecule has 0 aliphatic rings. The largest absolute Gasteiger partial charge is 0.490 e. The van der Waals surface area contributed by atoms with Gasteiger partial charge in [0.2, 0.25) is 5.95 Å². The zero-order valence-electron chi connectivity index (χ0n) is 18.6. The highest BCUT2D eigenvalue weighted by atomic mass is 79.9. The maximum absolute atomic E-state index is 6.23. The van der Waals surface area contributed by atoms with Gasteiger partial charge >= 0.3 is 0 Å². The minimum Gasteiger partial charge on any atom is -0.490 e. The zero-order chi connectivity index (χ0) is 23.3. The molecule has 4 aromatic carbocycles. The number of nitrogens with zero attached hydrogens (tertiary/aromatic N) is 2. The van der Waals surface area contributed by atoms with Crippen LogP contribution in [0, 0.1) is 0 Å². The molecule has 34 heavy (non-hydrogen) atoms. The number of fused-ring (bicyclic) bond motifs is 2. The molecule has 0 aliphatic carbocycles. The van der Waals surface area contributed by atoms with Gasteiger partial charge in [-0.15, -0.1) is 0 Å². The molecule has 1 heterocycles. The number of aromatic amines is 1. The van der Waals surface area contributed by atoms with Gasteiger partial charge in [0, 0.05) is 0 Å². The van der Waals surface area contributed by atoms with Gasteiger partial charge in [0.05, 0.1) is 28.3 Å². The van der Waals surface area contributed by atoms with Crippen LogP contribution in [0.15, 0.2) is 88.4 Å².